The van der Waals surface area contributed by atoms with Gasteiger partial charge >= 0.3 is 0 Å². The number of hydrogen-bond donors (Lipinski definition) is 1. The van der Waals surface area contributed by atoms with Crippen LogP contribution >= 0.6 is 0 Å². The topological polar surface area (TPSA) is 55.5 Å². The Morgan fingerprint density at radius 1 is 1.17 bits per heavy atom. The molecule has 0 atom stereocenters. The van der Waals surface area contributed by atoms with Crippen LogP contribution in [0.2, 0.25) is 0 Å². The van der Waals surface area contributed by atoms with Gasteiger partial charge in [0, 0.05) is 5.41 Å². The highest BCUT2D eigenvalue weighted by Gasteiger charge is 2.54. The fourth-order valence-corrected chi connectivity index (χ4v) is 5.55. The highest BCUT2D eigenvalue weighted by Crippen LogP contribution is 2.60. The van der Waals surface area contributed by atoms with Crippen LogP contribution < -0.4 is 0 Å². The van der Waals surface area contributed by atoms with Gasteiger partial charge < -0.3 is 14.3 Å². The monoisotopic (exact) mass is 319 g/mol. The largest absolute Gasteiger partial charge is 0.442 e. The number of aliphatic hydroxyl groups is 1. The van der Waals surface area contributed by atoms with Crippen LogP contribution in [-0.4, -0.2) is 22.3 Å². The van der Waals surface area contributed by atoms with Crippen LogP contribution in [0.1, 0.15) is 69.7 Å². The summed E-state index contributed by atoms with van der Waals surface area (Å²) >= 11 is 0. The molecule has 4 nitrogen and oxygen atoms in total. The van der Waals surface area contributed by atoms with Crippen LogP contribution in [-0.2, 0) is 16.8 Å². The van der Waals surface area contributed by atoms with Gasteiger partial charge in [-0.1, -0.05) is 0 Å². The minimum absolute atomic E-state index is 0.202. The number of ether oxygens (including phenoxy) is 1. The molecule has 4 aliphatic carbocycles. The van der Waals surface area contributed by atoms with Crippen molar-refractivity contribution in [2.75, 3.05) is 6.61 Å². The Morgan fingerprint density at radius 3 is 2.26 bits per heavy atom. The second-order valence-corrected chi connectivity index (χ2v) is 9.03. The van der Waals surface area contributed by atoms with Crippen molar-refractivity contribution in [1.29, 1.82) is 0 Å². The van der Waals surface area contributed by atoms with Gasteiger partial charge in [-0.2, -0.15) is 0 Å². The van der Waals surface area contributed by atoms with Crippen LogP contribution in [0.5, 0.6) is 0 Å². The number of rotatable bonds is 5. The maximum Gasteiger partial charge on any atom is 0.201 e. The van der Waals surface area contributed by atoms with Gasteiger partial charge in [0.15, 0.2) is 5.76 Å². The predicted octanol–water partition coefficient (Wildman–Crippen LogP) is 3.74. The van der Waals surface area contributed by atoms with Crippen LogP contribution in [0, 0.1) is 24.7 Å². The third kappa shape index (κ3) is 2.96. The Hall–Kier alpha value is -0.870. The highest BCUT2D eigenvalue weighted by molar-refractivity contribution is 5.19. The van der Waals surface area contributed by atoms with E-state index in [0.29, 0.717) is 13.2 Å². The Labute approximate surface area is 138 Å². The van der Waals surface area contributed by atoms with E-state index in [9.17, 15) is 5.11 Å². The molecule has 1 aromatic rings. The quantitative estimate of drug-likeness (QED) is 0.898. The summed E-state index contributed by atoms with van der Waals surface area (Å²) in [6.07, 6.45) is 8.09. The summed E-state index contributed by atoms with van der Waals surface area (Å²) in [5.74, 6) is 4.48. The molecule has 0 spiro atoms. The van der Waals surface area contributed by atoms with Crippen LogP contribution in [0.15, 0.2) is 4.42 Å². The summed E-state index contributed by atoms with van der Waals surface area (Å²) in [6.45, 7) is 6.22. The zero-order valence-corrected chi connectivity index (χ0v) is 14.6. The summed E-state index contributed by atoms with van der Waals surface area (Å²) in [6, 6.07) is 0. The lowest BCUT2D eigenvalue weighted by Crippen LogP contribution is -2.48. The van der Waals surface area contributed by atoms with Gasteiger partial charge in [0.1, 0.15) is 6.61 Å². The smallest absolute Gasteiger partial charge is 0.201 e. The molecule has 0 unspecified atom stereocenters. The fourth-order valence-electron chi connectivity index (χ4n) is 5.55. The first-order chi connectivity index (χ1) is 10.8. The molecule has 4 heteroatoms. The van der Waals surface area contributed by atoms with Gasteiger partial charge in [-0.15, -0.1) is 0 Å². The van der Waals surface area contributed by atoms with Crippen molar-refractivity contribution in [1.82, 2.24) is 4.98 Å². The Balaban J connectivity index is 1.51. The molecule has 0 saturated heterocycles. The lowest BCUT2D eigenvalue weighted by atomic mass is 9.49. The zero-order chi connectivity index (χ0) is 16.2. The first-order valence-corrected chi connectivity index (χ1v) is 9.10. The van der Waals surface area contributed by atoms with Gasteiger partial charge in [0.2, 0.25) is 5.89 Å². The SMILES string of the molecule is Cc1nc(C23CC4CC(CC(C4)C2)C3)oc1COCC(C)(C)O. The van der Waals surface area contributed by atoms with Crippen molar-refractivity contribution >= 4 is 0 Å². The molecular weight excluding hydrogens is 290 g/mol. The van der Waals surface area contributed by atoms with Crippen molar-refractivity contribution in [2.45, 2.75) is 76.9 Å². The van der Waals surface area contributed by atoms with Gasteiger partial charge in [-0.25, -0.2) is 4.98 Å². The molecule has 0 aromatic carbocycles. The molecule has 1 N–H and O–H groups in total. The molecule has 4 fully saturated rings. The molecule has 0 amide bonds. The maximum atomic E-state index is 9.75. The lowest BCUT2D eigenvalue weighted by Gasteiger charge is -2.55. The van der Waals surface area contributed by atoms with Crippen LogP contribution in [0.25, 0.3) is 0 Å². The number of nitrogens with zero attached hydrogens (tertiary/aromatic N) is 1. The first-order valence-electron chi connectivity index (χ1n) is 9.10. The van der Waals surface area contributed by atoms with Crippen molar-refractivity contribution < 1.29 is 14.3 Å². The average molecular weight is 319 g/mol. The minimum Gasteiger partial charge on any atom is -0.442 e. The van der Waals surface area contributed by atoms with Crippen molar-refractivity contribution in [2.24, 2.45) is 17.8 Å². The Kier molecular flexibility index (Phi) is 3.62. The molecule has 23 heavy (non-hydrogen) atoms. The summed E-state index contributed by atoms with van der Waals surface area (Å²) in [7, 11) is 0. The minimum atomic E-state index is -0.809. The van der Waals surface area contributed by atoms with E-state index in [2.05, 4.69) is 0 Å². The highest BCUT2D eigenvalue weighted by atomic mass is 16.5. The van der Waals surface area contributed by atoms with Crippen molar-refractivity contribution in [3.05, 3.63) is 17.3 Å². The summed E-state index contributed by atoms with van der Waals surface area (Å²) in [5, 5.41) is 9.75. The molecule has 4 bridgehead atoms. The van der Waals surface area contributed by atoms with Crippen molar-refractivity contribution in [3.63, 3.8) is 0 Å². The molecular formula is C19H29NO3. The average Bonchev–Trinajstić information content (AvgIpc) is 2.78. The third-order valence-corrected chi connectivity index (χ3v) is 6.07. The third-order valence-electron chi connectivity index (χ3n) is 6.07. The molecule has 1 heterocycles. The number of aryl methyl sites for hydroxylation is 1. The van der Waals surface area contributed by atoms with E-state index in [1.807, 2.05) is 6.92 Å². The number of aromatic nitrogens is 1. The second kappa shape index (κ2) is 5.32. The first kappa shape index (κ1) is 15.6. The molecule has 5 rings (SSSR count). The lowest BCUT2D eigenvalue weighted by molar-refractivity contribution is -0.0344. The second-order valence-electron chi connectivity index (χ2n) is 9.03. The molecule has 0 radical (unpaired) electrons. The standard InChI is InChI=1S/C19H29NO3/c1-12-16(10-22-11-18(2,3)21)23-17(20-12)19-7-13-4-14(8-19)6-15(5-13)9-19/h13-15,21H,4-11H2,1-3H3. The van der Waals surface area contributed by atoms with E-state index in [-0.39, 0.29) is 5.41 Å². The van der Waals surface area contributed by atoms with Gasteiger partial charge in [0.25, 0.3) is 0 Å². The number of hydrogen-bond acceptors (Lipinski definition) is 4. The number of oxazole rings is 1. The van der Waals surface area contributed by atoms with E-state index in [4.69, 9.17) is 14.1 Å². The van der Waals surface area contributed by atoms with E-state index < -0.39 is 5.60 Å². The summed E-state index contributed by atoms with van der Waals surface area (Å²) in [5.41, 5.74) is 0.344. The normalized spacial score (nSPS) is 35.9. The summed E-state index contributed by atoms with van der Waals surface area (Å²) < 4.78 is 11.8. The maximum absolute atomic E-state index is 9.75. The van der Waals surface area contributed by atoms with Crippen molar-refractivity contribution in [3.8, 4) is 0 Å². The van der Waals surface area contributed by atoms with E-state index in [1.165, 1.54) is 38.5 Å². The van der Waals surface area contributed by atoms with Gasteiger partial charge in [-0.05, 0) is 77.0 Å². The molecule has 128 valence electrons. The zero-order valence-electron chi connectivity index (χ0n) is 14.6. The van der Waals surface area contributed by atoms with Gasteiger partial charge in [-0.3, -0.25) is 0 Å². The molecule has 1 aromatic heterocycles. The predicted molar refractivity (Wildman–Crippen MR) is 87.0 cm³/mol. The van der Waals surface area contributed by atoms with Gasteiger partial charge in [0.05, 0.1) is 17.9 Å². The van der Waals surface area contributed by atoms with Crippen LogP contribution in [0.3, 0.4) is 0 Å². The van der Waals surface area contributed by atoms with E-state index >= 15 is 0 Å². The molecule has 4 saturated carbocycles. The Morgan fingerprint density at radius 2 is 1.74 bits per heavy atom. The summed E-state index contributed by atoms with van der Waals surface area (Å²) in [4.78, 5) is 4.81. The molecule has 4 aliphatic rings. The fraction of sp³-hybridized carbons (Fsp3) is 0.842. The Bertz CT molecular complexity index is 549. The van der Waals surface area contributed by atoms with E-state index in [0.717, 1.165) is 35.1 Å². The van der Waals surface area contributed by atoms with Crippen LogP contribution in [0.4, 0.5) is 0 Å². The van der Waals surface area contributed by atoms with E-state index in [1.54, 1.807) is 13.8 Å². The molecule has 0 aliphatic heterocycles.